The van der Waals surface area contributed by atoms with Gasteiger partial charge >= 0.3 is 0 Å². The van der Waals surface area contributed by atoms with Gasteiger partial charge in [0.25, 0.3) is 0 Å². The lowest BCUT2D eigenvalue weighted by Gasteiger charge is -2.11. The first-order valence-corrected chi connectivity index (χ1v) is 5.73. The highest BCUT2D eigenvalue weighted by Gasteiger charge is 2.10. The maximum atomic E-state index is 11.4. The van der Waals surface area contributed by atoms with Crippen LogP contribution < -0.4 is 16.0 Å². The number of rotatable bonds is 2. The van der Waals surface area contributed by atoms with E-state index in [0.29, 0.717) is 22.2 Å². The molecule has 0 aliphatic heterocycles. The zero-order valence-electron chi connectivity index (χ0n) is 10.1. The van der Waals surface area contributed by atoms with Gasteiger partial charge in [0, 0.05) is 16.7 Å². The molecule has 2 rings (SSSR count). The Labute approximate surface area is 109 Å². The van der Waals surface area contributed by atoms with E-state index in [-0.39, 0.29) is 5.56 Å². The fourth-order valence-electron chi connectivity index (χ4n) is 1.77. The number of ether oxygens (including phenoxy) is 1. The fourth-order valence-corrected chi connectivity index (χ4v) is 1.93. The summed E-state index contributed by atoms with van der Waals surface area (Å²) in [6, 6.07) is 6.73. The lowest BCUT2D eigenvalue weighted by atomic mass is 10.0. The van der Waals surface area contributed by atoms with E-state index in [9.17, 15) is 4.79 Å². The van der Waals surface area contributed by atoms with Gasteiger partial charge in [-0.1, -0.05) is 11.6 Å². The van der Waals surface area contributed by atoms with Gasteiger partial charge in [-0.15, -0.1) is 0 Å². The fraction of sp³-hybridized carbons (Fsp3) is 0.154. The minimum Gasteiger partial charge on any atom is -0.496 e. The van der Waals surface area contributed by atoms with Crippen LogP contribution in [0.2, 0.25) is 5.02 Å². The molecule has 0 radical (unpaired) electrons. The van der Waals surface area contributed by atoms with E-state index < -0.39 is 0 Å². The number of hydrogen-bond acceptors (Lipinski definition) is 3. The number of halogens is 1. The Kier molecular flexibility index (Phi) is 3.30. The van der Waals surface area contributed by atoms with Gasteiger partial charge in [0.05, 0.1) is 7.11 Å². The molecule has 0 aliphatic rings. The van der Waals surface area contributed by atoms with Gasteiger partial charge in [0.2, 0.25) is 5.56 Å². The van der Waals surface area contributed by atoms with Crippen molar-refractivity contribution in [3.8, 4) is 16.9 Å². The number of nitrogens with two attached hydrogens (primary N) is 1. The molecule has 4 nitrogen and oxygen atoms in total. The molecular weight excluding hydrogens is 252 g/mol. The van der Waals surface area contributed by atoms with Crippen molar-refractivity contribution in [3.63, 3.8) is 0 Å². The number of hydrogen-bond donors (Lipinski definition) is 2. The molecule has 5 heteroatoms. The summed E-state index contributed by atoms with van der Waals surface area (Å²) in [5.41, 5.74) is 7.70. The number of benzene rings is 1. The van der Waals surface area contributed by atoms with Crippen LogP contribution in [0.4, 0.5) is 5.82 Å². The minimum absolute atomic E-state index is 0.260. The van der Waals surface area contributed by atoms with Crippen molar-refractivity contribution < 1.29 is 4.74 Å². The summed E-state index contributed by atoms with van der Waals surface area (Å²) in [5.74, 6) is 0.957. The molecule has 18 heavy (non-hydrogen) atoms. The standard InChI is InChI=1S/C13H13ClN2O2/c1-7-3-11(18-2)9(6-10(7)14)8-4-12(15)16-13(17)5-8/h3-6H,1-2H3,(H3,15,16,17). The molecule has 0 aliphatic carbocycles. The quantitative estimate of drug-likeness (QED) is 0.876. The van der Waals surface area contributed by atoms with Gasteiger partial charge in [-0.05, 0) is 36.2 Å². The van der Waals surface area contributed by atoms with Crippen molar-refractivity contribution in [2.75, 3.05) is 12.8 Å². The summed E-state index contributed by atoms with van der Waals surface area (Å²) in [6.45, 7) is 1.89. The van der Waals surface area contributed by atoms with Crippen LogP contribution in [0, 0.1) is 6.92 Å². The minimum atomic E-state index is -0.260. The predicted octanol–water partition coefficient (Wildman–Crippen LogP) is 2.59. The molecule has 0 amide bonds. The van der Waals surface area contributed by atoms with Crippen LogP contribution in [0.1, 0.15) is 5.56 Å². The van der Waals surface area contributed by atoms with Gasteiger partial charge < -0.3 is 15.5 Å². The summed E-state index contributed by atoms with van der Waals surface area (Å²) in [7, 11) is 1.57. The van der Waals surface area contributed by atoms with Crippen molar-refractivity contribution in [2.24, 2.45) is 0 Å². The third-order valence-electron chi connectivity index (χ3n) is 2.66. The second-order valence-electron chi connectivity index (χ2n) is 3.99. The van der Waals surface area contributed by atoms with E-state index in [0.717, 1.165) is 11.1 Å². The predicted molar refractivity (Wildman–Crippen MR) is 73.2 cm³/mol. The molecule has 0 fully saturated rings. The molecule has 1 heterocycles. The molecule has 0 spiro atoms. The number of anilines is 1. The topological polar surface area (TPSA) is 68.1 Å². The molecule has 2 aromatic rings. The Hall–Kier alpha value is -1.94. The van der Waals surface area contributed by atoms with Gasteiger partial charge in [-0.3, -0.25) is 4.79 Å². The molecule has 0 saturated heterocycles. The lowest BCUT2D eigenvalue weighted by molar-refractivity contribution is 0.416. The molecule has 3 N–H and O–H groups in total. The second-order valence-corrected chi connectivity index (χ2v) is 4.40. The molecule has 0 unspecified atom stereocenters. The first-order chi connectivity index (χ1) is 8.51. The molecule has 1 aromatic carbocycles. The number of aryl methyl sites for hydroxylation is 1. The summed E-state index contributed by atoms with van der Waals surface area (Å²) in [5, 5.41) is 0.615. The zero-order valence-corrected chi connectivity index (χ0v) is 10.8. The number of methoxy groups -OCH3 is 1. The third kappa shape index (κ3) is 2.33. The van der Waals surface area contributed by atoms with Crippen molar-refractivity contribution in [3.05, 3.63) is 45.2 Å². The number of pyridine rings is 1. The lowest BCUT2D eigenvalue weighted by Crippen LogP contribution is -2.07. The summed E-state index contributed by atoms with van der Waals surface area (Å²) >= 11 is 6.10. The SMILES string of the molecule is COc1cc(C)c(Cl)cc1-c1cc(N)[nH]c(=O)c1. The van der Waals surface area contributed by atoms with E-state index in [1.165, 1.54) is 6.07 Å². The zero-order chi connectivity index (χ0) is 13.3. The normalized spacial score (nSPS) is 10.4. The first kappa shape index (κ1) is 12.5. The monoisotopic (exact) mass is 264 g/mol. The van der Waals surface area contributed by atoms with Gasteiger partial charge in [-0.25, -0.2) is 0 Å². The van der Waals surface area contributed by atoms with Crippen molar-refractivity contribution in [1.29, 1.82) is 0 Å². The maximum absolute atomic E-state index is 11.4. The van der Waals surface area contributed by atoms with E-state index in [4.69, 9.17) is 22.1 Å². The molecule has 94 valence electrons. The van der Waals surface area contributed by atoms with E-state index >= 15 is 0 Å². The smallest absolute Gasteiger partial charge is 0.250 e. The van der Waals surface area contributed by atoms with Crippen LogP contribution in [0.5, 0.6) is 5.75 Å². The Morgan fingerprint density at radius 3 is 2.61 bits per heavy atom. The van der Waals surface area contributed by atoms with Crippen LogP contribution in [-0.2, 0) is 0 Å². The highest BCUT2D eigenvalue weighted by atomic mass is 35.5. The highest BCUT2D eigenvalue weighted by molar-refractivity contribution is 6.31. The van der Waals surface area contributed by atoms with Crippen molar-refractivity contribution in [2.45, 2.75) is 6.92 Å². The summed E-state index contributed by atoms with van der Waals surface area (Å²) in [4.78, 5) is 13.9. The first-order valence-electron chi connectivity index (χ1n) is 5.35. The number of nitrogens with one attached hydrogen (secondary N) is 1. The second kappa shape index (κ2) is 4.74. The van der Waals surface area contributed by atoms with Gasteiger partial charge in [-0.2, -0.15) is 0 Å². The number of aromatic nitrogens is 1. The number of nitrogen functional groups attached to an aromatic ring is 1. The van der Waals surface area contributed by atoms with Crippen molar-refractivity contribution >= 4 is 17.4 Å². The largest absolute Gasteiger partial charge is 0.496 e. The summed E-state index contributed by atoms with van der Waals surface area (Å²) < 4.78 is 5.30. The molecule has 0 atom stereocenters. The maximum Gasteiger partial charge on any atom is 0.250 e. The van der Waals surface area contributed by atoms with E-state index in [2.05, 4.69) is 4.98 Å². The van der Waals surface area contributed by atoms with Crippen LogP contribution >= 0.6 is 11.6 Å². The number of aromatic amines is 1. The van der Waals surface area contributed by atoms with Crippen LogP contribution in [0.15, 0.2) is 29.1 Å². The van der Waals surface area contributed by atoms with Crippen LogP contribution in [0.25, 0.3) is 11.1 Å². The Morgan fingerprint density at radius 1 is 1.28 bits per heavy atom. The van der Waals surface area contributed by atoms with E-state index in [1.807, 2.05) is 13.0 Å². The molecule has 0 saturated carbocycles. The summed E-state index contributed by atoms with van der Waals surface area (Å²) in [6.07, 6.45) is 0. The average Bonchev–Trinajstić information content (AvgIpc) is 2.30. The Balaban J connectivity index is 2.69. The van der Waals surface area contributed by atoms with Gasteiger partial charge in [0.15, 0.2) is 0 Å². The van der Waals surface area contributed by atoms with Crippen LogP contribution in [-0.4, -0.2) is 12.1 Å². The molecule has 0 bridgehead atoms. The average molecular weight is 265 g/mol. The molecule has 1 aromatic heterocycles. The molecular formula is C13H13ClN2O2. The highest BCUT2D eigenvalue weighted by Crippen LogP contribution is 2.34. The number of H-pyrrole nitrogens is 1. The Bertz CT molecular complexity index is 650. The van der Waals surface area contributed by atoms with Crippen LogP contribution in [0.3, 0.4) is 0 Å². The third-order valence-corrected chi connectivity index (χ3v) is 3.06. The van der Waals surface area contributed by atoms with E-state index in [1.54, 1.807) is 19.2 Å². The van der Waals surface area contributed by atoms with Gasteiger partial charge in [0.1, 0.15) is 11.6 Å². The Morgan fingerprint density at radius 2 is 2.00 bits per heavy atom. The van der Waals surface area contributed by atoms with Crippen molar-refractivity contribution in [1.82, 2.24) is 4.98 Å².